The molecule has 1 aromatic rings. The number of halogens is 2. The number of hydrogen-bond donors (Lipinski definition) is 2. The zero-order valence-corrected chi connectivity index (χ0v) is 12.0. The van der Waals surface area contributed by atoms with Gasteiger partial charge in [-0.2, -0.15) is 0 Å². The van der Waals surface area contributed by atoms with Gasteiger partial charge in [0.1, 0.15) is 5.75 Å². The molecule has 7 heteroatoms. The van der Waals surface area contributed by atoms with E-state index in [1.807, 2.05) is 14.0 Å². The van der Waals surface area contributed by atoms with Crippen LogP contribution >= 0.6 is 24.8 Å². The summed E-state index contributed by atoms with van der Waals surface area (Å²) in [5.41, 5.74) is 0. The molecule has 1 unspecified atom stereocenters. The van der Waals surface area contributed by atoms with Crippen molar-refractivity contribution in [2.75, 3.05) is 20.2 Å². The molecule has 0 saturated heterocycles. The Kier molecular flexibility index (Phi) is 11.9. The van der Waals surface area contributed by atoms with Gasteiger partial charge in [-0.3, -0.25) is 9.78 Å². The molecule has 0 aliphatic carbocycles. The molecule has 0 aliphatic rings. The van der Waals surface area contributed by atoms with Crippen LogP contribution in [0.25, 0.3) is 0 Å². The molecule has 1 heterocycles. The molecule has 0 bridgehead atoms. The summed E-state index contributed by atoms with van der Waals surface area (Å²) in [5, 5.41) is 5.79. The Labute approximate surface area is 120 Å². The molecule has 0 aliphatic heterocycles. The maximum absolute atomic E-state index is 11.4. The lowest BCUT2D eigenvalue weighted by Crippen LogP contribution is -2.39. The van der Waals surface area contributed by atoms with Crippen LogP contribution in [0.4, 0.5) is 0 Å². The second-order valence-electron chi connectivity index (χ2n) is 3.47. The first-order valence-electron chi connectivity index (χ1n) is 5.19. The van der Waals surface area contributed by atoms with Gasteiger partial charge in [0.15, 0.2) is 6.61 Å². The highest BCUT2D eigenvalue weighted by Crippen LogP contribution is 2.05. The lowest BCUT2D eigenvalue weighted by Gasteiger charge is -2.11. The third kappa shape index (κ3) is 8.11. The average Bonchev–Trinajstić information content (AvgIpc) is 2.34. The van der Waals surface area contributed by atoms with Gasteiger partial charge in [-0.1, -0.05) is 0 Å². The smallest absolute Gasteiger partial charge is 0.257 e. The maximum atomic E-state index is 11.4. The predicted molar refractivity (Wildman–Crippen MR) is 75.8 cm³/mol. The van der Waals surface area contributed by atoms with Gasteiger partial charge < -0.3 is 15.4 Å². The van der Waals surface area contributed by atoms with Crippen molar-refractivity contribution in [2.24, 2.45) is 0 Å². The normalized spacial score (nSPS) is 10.6. The minimum atomic E-state index is -0.133. The number of ether oxygens (including phenoxy) is 1. The third-order valence-corrected chi connectivity index (χ3v) is 2.10. The fourth-order valence-corrected chi connectivity index (χ4v) is 1.00. The van der Waals surface area contributed by atoms with Crippen molar-refractivity contribution in [1.82, 2.24) is 15.6 Å². The van der Waals surface area contributed by atoms with E-state index in [9.17, 15) is 4.79 Å². The molecule has 18 heavy (non-hydrogen) atoms. The fraction of sp³-hybridized carbons (Fsp3) is 0.455. The van der Waals surface area contributed by atoms with Crippen molar-refractivity contribution in [2.45, 2.75) is 13.0 Å². The first-order valence-corrected chi connectivity index (χ1v) is 5.19. The van der Waals surface area contributed by atoms with Crippen LogP contribution < -0.4 is 15.4 Å². The summed E-state index contributed by atoms with van der Waals surface area (Å²) < 4.78 is 5.24. The molecule has 0 fully saturated rings. The van der Waals surface area contributed by atoms with E-state index in [-0.39, 0.29) is 43.4 Å². The summed E-state index contributed by atoms with van der Waals surface area (Å²) in [6.07, 6.45) is 3.23. The van der Waals surface area contributed by atoms with E-state index in [2.05, 4.69) is 15.6 Å². The number of amides is 1. The second-order valence-corrected chi connectivity index (χ2v) is 3.47. The van der Waals surface area contributed by atoms with Gasteiger partial charge >= 0.3 is 0 Å². The van der Waals surface area contributed by atoms with Crippen LogP contribution in [-0.2, 0) is 4.79 Å². The monoisotopic (exact) mass is 295 g/mol. The largest absolute Gasteiger partial charge is 0.482 e. The summed E-state index contributed by atoms with van der Waals surface area (Å²) in [4.78, 5) is 15.2. The van der Waals surface area contributed by atoms with Gasteiger partial charge in [0.25, 0.3) is 5.91 Å². The number of hydrogen-bond acceptors (Lipinski definition) is 4. The van der Waals surface area contributed by atoms with Gasteiger partial charge in [-0.05, 0) is 26.1 Å². The van der Waals surface area contributed by atoms with Gasteiger partial charge in [0, 0.05) is 18.8 Å². The van der Waals surface area contributed by atoms with Crippen LogP contribution in [0.5, 0.6) is 5.75 Å². The lowest BCUT2D eigenvalue weighted by atomic mass is 10.3. The van der Waals surface area contributed by atoms with Crippen molar-refractivity contribution < 1.29 is 9.53 Å². The molecule has 1 aromatic heterocycles. The van der Waals surface area contributed by atoms with E-state index in [1.54, 1.807) is 24.5 Å². The van der Waals surface area contributed by atoms with Crippen molar-refractivity contribution in [3.63, 3.8) is 0 Å². The van der Waals surface area contributed by atoms with Crippen LogP contribution in [0, 0.1) is 0 Å². The number of pyridine rings is 1. The molecule has 1 atom stereocenters. The molecule has 0 radical (unpaired) electrons. The first kappa shape index (κ1) is 19.3. The average molecular weight is 296 g/mol. The zero-order valence-electron chi connectivity index (χ0n) is 10.4. The number of carbonyl (C=O) groups is 1. The van der Waals surface area contributed by atoms with Gasteiger partial charge in [0.05, 0.1) is 6.20 Å². The van der Waals surface area contributed by atoms with Crippen LogP contribution in [-0.4, -0.2) is 37.1 Å². The molecule has 1 amide bonds. The van der Waals surface area contributed by atoms with E-state index in [1.165, 1.54) is 0 Å². The predicted octanol–water partition coefficient (Wildman–Crippen LogP) is 1.03. The highest BCUT2D eigenvalue weighted by molar-refractivity contribution is 5.85. The fourth-order valence-electron chi connectivity index (χ4n) is 1.00. The van der Waals surface area contributed by atoms with Gasteiger partial charge in [-0.15, -0.1) is 24.8 Å². The molecular weight excluding hydrogens is 277 g/mol. The minimum Gasteiger partial charge on any atom is -0.482 e. The Morgan fingerprint density at radius 1 is 1.50 bits per heavy atom. The Morgan fingerprint density at radius 3 is 2.78 bits per heavy atom. The zero-order chi connectivity index (χ0) is 11.8. The number of rotatable bonds is 6. The lowest BCUT2D eigenvalue weighted by molar-refractivity contribution is -0.123. The Bertz CT molecular complexity index is 325. The standard InChI is InChI=1S/C11H17N3O2.2ClH/c1-9(12-2)6-14-11(15)8-16-10-4-3-5-13-7-10;;/h3-5,7,9,12H,6,8H2,1-2H3,(H,14,15);2*1H. The van der Waals surface area contributed by atoms with E-state index >= 15 is 0 Å². The number of carbonyl (C=O) groups excluding carboxylic acids is 1. The maximum Gasteiger partial charge on any atom is 0.257 e. The summed E-state index contributed by atoms with van der Waals surface area (Å²) in [7, 11) is 1.85. The molecular formula is C11H19Cl2N3O2. The van der Waals surface area contributed by atoms with Gasteiger partial charge in [-0.25, -0.2) is 0 Å². The van der Waals surface area contributed by atoms with E-state index in [4.69, 9.17) is 4.74 Å². The number of nitrogens with zero attached hydrogens (tertiary/aromatic N) is 1. The molecule has 2 N–H and O–H groups in total. The molecule has 0 saturated carbocycles. The van der Waals surface area contributed by atoms with E-state index in [0.717, 1.165) is 0 Å². The molecule has 5 nitrogen and oxygen atoms in total. The Morgan fingerprint density at radius 2 is 2.22 bits per heavy atom. The second kappa shape index (κ2) is 11.1. The number of aromatic nitrogens is 1. The highest BCUT2D eigenvalue weighted by Gasteiger charge is 2.04. The van der Waals surface area contributed by atoms with Crippen molar-refractivity contribution in [3.05, 3.63) is 24.5 Å². The van der Waals surface area contributed by atoms with Crippen molar-refractivity contribution in [3.8, 4) is 5.75 Å². The van der Waals surface area contributed by atoms with Crippen LogP contribution in [0.3, 0.4) is 0 Å². The highest BCUT2D eigenvalue weighted by atomic mass is 35.5. The van der Waals surface area contributed by atoms with E-state index < -0.39 is 0 Å². The van der Waals surface area contributed by atoms with Crippen LogP contribution in [0.1, 0.15) is 6.92 Å². The summed E-state index contributed by atoms with van der Waals surface area (Å²) in [6, 6.07) is 3.77. The minimum absolute atomic E-state index is 0. The number of likely N-dealkylation sites (N-methyl/N-ethyl adjacent to an activating group) is 1. The van der Waals surface area contributed by atoms with Crippen LogP contribution in [0.2, 0.25) is 0 Å². The third-order valence-electron chi connectivity index (χ3n) is 2.10. The molecule has 104 valence electrons. The Balaban J connectivity index is 0. The van der Waals surface area contributed by atoms with Crippen molar-refractivity contribution in [1.29, 1.82) is 0 Å². The molecule has 1 rings (SSSR count). The summed E-state index contributed by atoms with van der Waals surface area (Å²) >= 11 is 0. The topological polar surface area (TPSA) is 63.2 Å². The summed E-state index contributed by atoms with van der Waals surface area (Å²) in [5.74, 6) is 0.463. The van der Waals surface area contributed by atoms with Gasteiger partial charge in [0.2, 0.25) is 0 Å². The van der Waals surface area contributed by atoms with Crippen LogP contribution in [0.15, 0.2) is 24.5 Å². The summed E-state index contributed by atoms with van der Waals surface area (Å²) in [6.45, 7) is 2.59. The quantitative estimate of drug-likeness (QED) is 0.823. The molecule has 0 spiro atoms. The SMILES string of the molecule is CNC(C)CNC(=O)COc1cccnc1.Cl.Cl. The van der Waals surface area contributed by atoms with E-state index in [0.29, 0.717) is 12.3 Å². The Hall–Kier alpha value is -1.04. The molecule has 0 aromatic carbocycles. The first-order chi connectivity index (χ1) is 7.72. The van der Waals surface area contributed by atoms with Crippen molar-refractivity contribution >= 4 is 30.7 Å². The number of nitrogens with one attached hydrogen (secondary N) is 2.